The molecule has 0 radical (unpaired) electrons. The number of rotatable bonds is 5. The van der Waals surface area contributed by atoms with Gasteiger partial charge in [-0.05, 0) is 26.0 Å². The Labute approximate surface area is 177 Å². The van der Waals surface area contributed by atoms with Crippen molar-refractivity contribution in [2.45, 2.75) is 26.8 Å². The van der Waals surface area contributed by atoms with Crippen LogP contribution in [0, 0.1) is 6.92 Å². The van der Waals surface area contributed by atoms with Gasteiger partial charge >= 0.3 is 5.97 Å². The molecule has 1 aliphatic heterocycles. The van der Waals surface area contributed by atoms with E-state index in [2.05, 4.69) is 4.99 Å². The number of hydrogen-bond donors (Lipinski definition) is 0. The number of carbonyl (C=O) groups excluding carboxylic acids is 2. The number of thiazole rings is 1. The highest BCUT2D eigenvalue weighted by Crippen LogP contribution is 2.35. The minimum absolute atomic E-state index is 0.181. The van der Waals surface area contributed by atoms with Gasteiger partial charge in [0.15, 0.2) is 16.3 Å². The number of benzene rings is 2. The Bertz CT molecular complexity index is 1160. The molecule has 156 valence electrons. The molecule has 30 heavy (non-hydrogen) atoms. The van der Waals surface area contributed by atoms with E-state index in [4.69, 9.17) is 14.2 Å². The number of amides is 1. The Balaban J connectivity index is 1.78. The normalized spacial score (nSPS) is 13.5. The van der Waals surface area contributed by atoms with E-state index in [-0.39, 0.29) is 18.3 Å². The molecule has 8 heteroatoms. The number of aryl methyl sites for hydroxylation is 2. The third kappa shape index (κ3) is 4.23. The Morgan fingerprint density at radius 3 is 2.53 bits per heavy atom. The SMILES string of the molecule is CCOC(=O)CCn1c(=NC(=O)c2ccc(C)cc2)sc2cc3c(cc21)OCCO3. The van der Waals surface area contributed by atoms with Crippen LogP contribution in [0.25, 0.3) is 10.2 Å². The maximum atomic E-state index is 12.7. The zero-order chi connectivity index (χ0) is 21.1. The van der Waals surface area contributed by atoms with Crippen LogP contribution >= 0.6 is 11.3 Å². The number of fused-ring (bicyclic) bond motifs is 2. The first-order valence-electron chi connectivity index (χ1n) is 9.79. The van der Waals surface area contributed by atoms with Gasteiger partial charge in [0, 0.05) is 24.2 Å². The second-order valence-electron chi connectivity index (χ2n) is 6.84. The minimum atomic E-state index is -0.330. The van der Waals surface area contributed by atoms with E-state index in [0.717, 1.165) is 15.8 Å². The topological polar surface area (TPSA) is 79.1 Å². The van der Waals surface area contributed by atoms with Crippen molar-refractivity contribution in [2.75, 3.05) is 19.8 Å². The molecule has 0 saturated carbocycles. The van der Waals surface area contributed by atoms with E-state index < -0.39 is 0 Å². The molecular weight excluding hydrogens is 404 g/mol. The number of esters is 1. The number of hydrogen-bond acceptors (Lipinski definition) is 6. The van der Waals surface area contributed by atoms with Crippen molar-refractivity contribution in [3.63, 3.8) is 0 Å². The van der Waals surface area contributed by atoms with Gasteiger partial charge in [-0.1, -0.05) is 29.0 Å². The molecule has 0 spiro atoms. The van der Waals surface area contributed by atoms with Crippen molar-refractivity contribution < 1.29 is 23.8 Å². The second kappa shape index (κ2) is 8.71. The van der Waals surface area contributed by atoms with Crippen LogP contribution in [0.2, 0.25) is 0 Å². The lowest BCUT2D eigenvalue weighted by Crippen LogP contribution is -2.20. The molecule has 4 rings (SSSR count). The fourth-order valence-electron chi connectivity index (χ4n) is 3.19. The molecule has 7 nitrogen and oxygen atoms in total. The first kappa shape index (κ1) is 20.2. The van der Waals surface area contributed by atoms with E-state index in [0.29, 0.717) is 48.2 Å². The van der Waals surface area contributed by atoms with Gasteiger partial charge < -0.3 is 18.8 Å². The molecule has 1 amide bonds. The molecule has 0 N–H and O–H groups in total. The van der Waals surface area contributed by atoms with Gasteiger partial charge in [0.05, 0.1) is 23.2 Å². The van der Waals surface area contributed by atoms with E-state index in [9.17, 15) is 9.59 Å². The Hall–Kier alpha value is -3.13. The van der Waals surface area contributed by atoms with Crippen molar-refractivity contribution >= 4 is 33.4 Å². The van der Waals surface area contributed by atoms with Crippen LogP contribution in [-0.2, 0) is 16.1 Å². The van der Waals surface area contributed by atoms with Crippen LogP contribution in [0.15, 0.2) is 41.4 Å². The summed E-state index contributed by atoms with van der Waals surface area (Å²) in [5.41, 5.74) is 2.42. The number of carbonyl (C=O) groups is 2. The first-order chi connectivity index (χ1) is 14.5. The molecule has 2 aromatic carbocycles. The number of nitrogens with zero attached hydrogens (tertiary/aromatic N) is 2. The highest BCUT2D eigenvalue weighted by atomic mass is 32.1. The number of ether oxygens (including phenoxy) is 3. The highest BCUT2D eigenvalue weighted by Gasteiger charge is 2.17. The Kier molecular flexibility index (Phi) is 5.85. The van der Waals surface area contributed by atoms with Crippen molar-refractivity contribution in [3.8, 4) is 11.5 Å². The van der Waals surface area contributed by atoms with Gasteiger partial charge in [0.2, 0.25) is 0 Å². The van der Waals surface area contributed by atoms with E-state index in [1.54, 1.807) is 19.1 Å². The summed E-state index contributed by atoms with van der Waals surface area (Å²) in [6.07, 6.45) is 0.181. The van der Waals surface area contributed by atoms with Crippen LogP contribution < -0.4 is 14.3 Å². The third-order valence-electron chi connectivity index (χ3n) is 4.69. The van der Waals surface area contributed by atoms with Crippen LogP contribution in [-0.4, -0.2) is 36.3 Å². The van der Waals surface area contributed by atoms with Crippen LogP contribution in [0.3, 0.4) is 0 Å². The van der Waals surface area contributed by atoms with Crippen molar-refractivity contribution in [3.05, 3.63) is 52.3 Å². The monoisotopic (exact) mass is 426 g/mol. The minimum Gasteiger partial charge on any atom is -0.486 e. The average Bonchev–Trinajstić information content (AvgIpc) is 3.07. The van der Waals surface area contributed by atoms with Crippen molar-refractivity contribution in [2.24, 2.45) is 4.99 Å². The van der Waals surface area contributed by atoms with Crippen LogP contribution in [0.5, 0.6) is 11.5 Å². The van der Waals surface area contributed by atoms with Gasteiger partial charge in [-0.3, -0.25) is 9.59 Å². The summed E-state index contributed by atoms with van der Waals surface area (Å²) in [5, 5.41) is 0. The lowest BCUT2D eigenvalue weighted by atomic mass is 10.1. The van der Waals surface area contributed by atoms with E-state index >= 15 is 0 Å². The van der Waals surface area contributed by atoms with Gasteiger partial charge in [-0.25, -0.2) is 0 Å². The lowest BCUT2D eigenvalue weighted by Gasteiger charge is -2.18. The van der Waals surface area contributed by atoms with Crippen molar-refractivity contribution in [1.29, 1.82) is 0 Å². The number of aromatic nitrogens is 1. The summed E-state index contributed by atoms with van der Waals surface area (Å²) in [7, 11) is 0. The molecule has 0 fully saturated rings. The van der Waals surface area contributed by atoms with Gasteiger partial charge in [-0.15, -0.1) is 0 Å². The summed E-state index contributed by atoms with van der Waals surface area (Å²) in [4.78, 5) is 29.5. The molecule has 1 aliphatic rings. The van der Waals surface area contributed by atoms with Crippen molar-refractivity contribution in [1.82, 2.24) is 4.57 Å². The smallest absolute Gasteiger partial charge is 0.307 e. The summed E-state index contributed by atoms with van der Waals surface area (Å²) < 4.78 is 19.2. The Morgan fingerprint density at radius 1 is 1.13 bits per heavy atom. The molecule has 0 unspecified atom stereocenters. The zero-order valence-electron chi connectivity index (χ0n) is 16.8. The van der Waals surface area contributed by atoms with Gasteiger partial charge in [0.1, 0.15) is 13.2 Å². The van der Waals surface area contributed by atoms with E-state index in [1.165, 1.54) is 11.3 Å². The summed E-state index contributed by atoms with van der Waals surface area (Å²) in [5.74, 6) is 0.693. The quantitative estimate of drug-likeness (QED) is 0.584. The molecule has 1 aromatic heterocycles. The summed E-state index contributed by atoms with van der Waals surface area (Å²) in [6.45, 7) is 5.39. The molecule has 0 atom stereocenters. The van der Waals surface area contributed by atoms with Crippen LogP contribution in [0.4, 0.5) is 0 Å². The molecule has 0 saturated heterocycles. The third-order valence-corrected chi connectivity index (χ3v) is 5.73. The maximum Gasteiger partial charge on any atom is 0.307 e. The maximum absolute atomic E-state index is 12.7. The molecular formula is C22H22N2O5S. The molecule has 3 aromatic rings. The summed E-state index contributed by atoms with van der Waals surface area (Å²) in [6, 6.07) is 11.1. The Morgan fingerprint density at radius 2 is 1.83 bits per heavy atom. The fraction of sp³-hybridized carbons (Fsp3) is 0.318. The molecule has 2 heterocycles. The predicted octanol–water partition coefficient (Wildman–Crippen LogP) is 3.48. The van der Waals surface area contributed by atoms with Gasteiger partial charge in [-0.2, -0.15) is 4.99 Å². The lowest BCUT2D eigenvalue weighted by molar-refractivity contribution is -0.143. The fourth-order valence-corrected chi connectivity index (χ4v) is 4.26. The summed E-state index contributed by atoms with van der Waals surface area (Å²) >= 11 is 1.38. The highest BCUT2D eigenvalue weighted by molar-refractivity contribution is 7.16. The van der Waals surface area contributed by atoms with Gasteiger partial charge in [0.25, 0.3) is 5.91 Å². The predicted molar refractivity (Wildman–Crippen MR) is 113 cm³/mol. The molecule has 0 bridgehead atoms. The van der Waals surface area contributed by atoms with Crippen LogP contribution in [0.1, 0.15) is 29.3 Å². The average molecular weight is 426 g/mol. The largest absolute Gasteiger partial charge is 0.486 e. The second-order valence-corrected chi connectivity index (χ2v) is 7.85. The standard InChI is InChI=1S/C22H22N2O5S/c1-3-27-20(25)8-9-24-16-12-17-18(29-11-10-28-17)13-19(16)30-22(24)23-21(26)15-6-4-14(2)5-7-15/h4-7,12-13H,3,8-11H2,1-2H3. The molecule has 0 aliphatic carbocycles. The van der Waals surface area contributed by atoms with E-state index in [1.807, 2.05) is 35.8 Å². The first-order valence-corrected chi connectivity index (χ1v) is 10.6. The zero-order valence-corrected chi connectivity index (χ0v) is 17.7.